The molecule has 0 amide bonds. The summed E-state index contributed by atoms with van der Waals surface area (Å²) in [7, 11) is 0. The third-order valence-corrected chi connectivity index (χ3v) is 6.29. The Morgan fingerprint density at radius 2 is 1.79 bits per heavy atom. The van der Waals surface area contributed by atoms with Crippen molar-refractivity contribution in [3.8, 4) is 0 Å². The Kier molecular flexibility index (Phi) is 5.96. The Morgan fingerprint density at radius 3 is 2.59 bits per heavy atom. The van der Waals surface area contributed by atoms with E-state index in [0.717, 1.165) is 12.0 Å². The lowest BCUT2D eigenvalue weighted by molar-refractivity contribution is -0.136. The molecule has 0 radical (unpaired) electrons. The van der Waals surface area contributed by atoms with E-state index in [1.165, 1.54) is 34.7 Å². The Morgan fingerprint density at radius 1 is 1.03 bits per heavy atom. The standard InChI is InChI=1S/C26H29NO2/c1-18(24-8-4-6-21-5-2-3-7-25(21)24)27-23-15-14-22(17-23)20-12-9-19(10-13-20)11-16-26(28)29/h2-10,12-13,18,22-23,27H,11,14-17H2,1H3,(H,28,29). The second-order valence-corrected chi connectivity index (χ2v) is 8.30. The minimum Gasteiger partial charge on any atom is -0.481 e. The Labute approximate surface area is 172 Å². The van der Waals surface area contributed by atoms with Crippen LogP contribution in [0.5, 0.6) is 0 Å². The number of nitrogens with one attached hydrogen (secondary N) is 1. The highest BCUT2D eigenvalue weighted by atomic mass is 16.4. The van der Waals surface area contributed by atoms with Crippen molar-refractivity contribution < 1.29 is 9.90 Å². The van der Waals surface area contributed by atoms with E-state index in [-0.39, 0.29) is 6.42 Å². The summed E-state index contributed by atoms with van der Waals surface area (Å²) in [5, 5.41) is 15.3. The zero-order chi connectivity index (χ0) is 20.2. The third kappa shape index (κ3) is 4.68. The highest BCUT2D eigenvalue weighted by molar-refractivity contribution is 5.86. The van der Waals surface area contributed by atoms with Crippen molar-refractivity contribution >= 4 is 16.7 Å². The van der Waals surface area contributed by atoms with Gasteiger partial charge in [-0.1, -0.05) is 66.7 Å². The Hall–Kier alpha value is -2.65. The average Bonchev–Trinajstić information content (AvgIpc) is 3.20. The largest absolute Gasteiger partial charge is 0.481 e. The summed E-state index contributed by atoms with van der Waals surface area (Å²) in [6, 6.07) is 24.6. The summed E-state index contributed by atoms with van der Waals surface area (Å²) >= 11 is 0. The van der Waals surface area contributed by atoms with E-state index in [9.17, 15) is 4.79 Å². The fourth-order valence-electron chi connectivity index (χ4n) is 4.71. The number of hydrogen-bond acceptors (Lipinski definition) is 2. The zero-order valence-corrected chi connectivity index (χ0v) is 17.0. The van der Waals surface area contributed by atoms with Crippen LogP contribution in [0.3, 0.4) is 0 Å². The molecule has 0 heterocycles. The van der Waals surface area contributed by atoms with Crippen LogP contribution in [0.4, 0.5) is 0 Å². The molecule has 29 heavy (non-hydrogen) atoms. The molecule has 0 aromatic heterocycles. The van der Waals surface area contributed by atoms with Gasteiger partial charge in [0.2, 0.25) is 0 Å². The number of aliphatic carboxylic acids is 1. The summed E-state index contributed by atoms with van der Waals surface area (Å²) in [4.78, 5) is 10.7. The molecule has 3 atom stereocenters. The first kappa shape index (κ1) is 19.7. The monoisotopic (exact) mass is 387 g/mol. The fraction of sp³-hybridized carbons (Fsp3) is 0.346. The topological polar surface area (TPSA) is 49.3 Å². The smallest absolute Gasteiger partial charge is 0.303 e. The van der Waals surface area contributed by atoms with E-state index in [2.05, 4.69) is 79.0 Å². The average molecular weight is 388 g/mol. The molecule has 1 saturated carbocycles. The molecule has 0 aliphatic heterocycles. The van der Waals surface area contributed by atoms with Crippen molar-refractivity contribution in [2.45, 2.75) is 57.0 Å². The minimum atomic E-state index is -0.737. The van der Waals surface area contributed by atoms with Gasteiger partial charge in [-0.05, 0) is 66.0 Å². The van der Waals surface area contributed by atoms with Gasteiger partial charge in [-0.25, -0.2) is 0 Å². The summed E-state index contributed by atoms with van der Waals surface area (Å²) in [5.41, 5.74) is 3.86. The maximum Gasteiger partial charge on any atom is 0.303 e. The van der Waals surface area contributed by atoms with E-state index < -0.39 is 5.97 Å². The van der Waals surface area contributed by atoms with Crippen molar-refractivity contribution in [3.05, 3.63) is 83.4 Å². The molecule has 3 aromatic rings. The molecule has 1 aliphatic carbocycles. The van der Waals surface area contributed by atoms with Gasteiger partial charge in [0, 0.05) is 18.5 Å². The van der Waals surface area contributed by atoms with Crippen LogP contribution in [-0.4, -0.2) is 17.1 Å². The lowest BCUT2D eigenvalue weighted by Crippen LogP contribution is -2.29. The number of aryl methyl sites for hydroxylation is 1. The number of rotatable bonds is 7. The van der Waals surface area contributed by atoms with Crippen molar-refractivity contribution in [1.29, 1.82) is 0 Å². The minimum absolute atomic E-state index is 0.195. The molecule has 3 heteroatoms. The van der Waals surface area contributed by atoms with Crippen LogP contribution in [0, 0.1) is 0 Å². The van der Waals surface area contributed by atoms with Crippen molar-refractivity contribution in [3.63, 3.8) is 0 Å². The number of carboxylic acids is 1. The second kappa shape index (κ2) is 8.79. The summed E-state index contributed by atoms with van der Waals surface area (Å²) in [6.07, 6.45) is 4.35. The quantitative estimate of drug-likeness (QED) is 0.535. The van der Waals surface area contributed by atoms with E-state index in [0.29, 0.717) is 24.4 Å². The fourth-order valence-corrected chi connectivity index (χ4v) is 4.71. The van der Waals surface area contributed by atoms with Gasteiger partial charge in [0.25, 0.3) is 0 Å². The first-order valence-electron chi connectivity index (χ1n) is 10.6. The molecule has 0 bridgehead atoms. The first-order valence-corrected chi connectivity index (χ1v) is 10.6. The predicted octanol–water partition coefficient (Wildman–Crippen LogP) is 5.84. The van der Waals surface area contributed by atoms with Crippen LogP contribution in [0.25, 0.3) is 10.8 Å². The summed E-state index contributed by atoms with van der Waals surface area (Å²) in [5.74, 6) is -0.153. The summed E-state index contributed by atoms with van der Waals surface area (Å²) in [6.45, 7) is 2.27. The van der Waals surface area contributed by atoms with E-state index in [4.69, 9.17) is 5.11 Å². The number of carbonyl (C=O) groups is 1. The number of benzene rings is 3. The Balaban J connectivity index is 1.38. The second-order valence-electron chi connectivity index (χ2n) is 8.30. The van der Waals surface area contributed by atoms with E-state index in [1.807, 2.05) is 0 Å². The molecule has 3 aromatic carbocycles. The molecule has 3 unspecified atom stereocenters. The molecule has 0 spiro atoms. The highest BCUT2D eigenvalue weighted by Crippen LogP contribution is 2.36. The maximum absolute atomic E-state index is 10.7. The molecular formula is C26H29NO2. The third-order valence-electron chi connectivity index (χ3n) is 6.29. The van der Waals surface area contributed by atoms with E-state index >= 15 is 0 Å². The zero-order valence-electron chi connectivity index (χ0n) is 17.0. The van der Waals surface area contributed by atoms with Gasteiger partial charge in [-0.15, -0.1) is 0 Å². The van der Waals surface area contributed by atoms with E-state index in [1.54, 1.807) is 0 Å². The predicted molar refractivity (Wildman–Crippen MR) is 118 cm³/mol. The van der Waals surface area contributed by atoms with Crippen LogP contribution in [0.2, 0.25) is 0 Å². The number of carboxylic acid groups (broad SMARTS) is 1. The van der Waals surface area contributed by atoms with Gasteiger partial charge in [-0.3, -0.25) is 4.79 Å². The molecule has 0 saturated heterocycles. The lowest BCUT2D eigenvalue weighted by Gasteiger charge is -2.21. The van der Waals surface area contributed by atoms with Crippen LogP contribution in [0.15, 0.2) is 66.7 Å². The van der Waals surface area contributed by atoms with Gasteiger partial charge < -0.3 is 10.4 Å². The van der Waals surface area contributed by atoms with Gasteiger partial charge in [0.15, 0.2) is 0 Å². The van der Waals surface area contributed by atoms with Crippen molar-refractivity contribution in [1.82, 2.24) is 5.32 Å². The van der Waals surface area contributed by atoms with Gasteiger partial charge in [0.05, 0.1) is 0 Å². The SMILES string of the molecule is CC(NC1CCC(c2ccc(CCC(=O)O)cc2)C1)c1cccc2ccccc12. The molecule has 2 N–H and O–H groups in total. The molecular weight excluding hydrogens is 358 g/mol. The number of fused-ring (bicyclic) bond motifs is 1. The van der Waals surface area contributed by atoms with Gasteiger partial charge >= 0.3 is 5.97 Å². The molecule has 150 valence electrons. The van der Waals surface area contributed by atoms with Crippen molar-refractivity contribution in [2.24, 2.45) is 0 Å². The molecule has 1 aliphatic rings. The van der Waals surface area contributed by atoms with Crippen LogP contribution in [-0.2, 0) is 11.2 Å². The Bertz CT molecular complexity index is 974. The highest BCUT2D eigenvalue weighted by Gasteiger charge is 2.27. The van der Waals surface area contributed by atoms with Crippen LogP contribution in [0.1, 0.15) is 61.3 Å². The lowest BCUT2D eigenvalue weighted by atomic mass is 9.95. The maximum atomic E-state index is 10.7. The molecule has 1 fully saturated rings. The van der Waals surface area contributed by atoms with Crippen LogP contribution >= 0.6 is 0 Å². The molecule has 3 nitrogen and oxygen atoms in total. The summed E-state index contributed by atoms with van der Waals surface area (Å²) < 4.78 is 0. The van der Waals surface area contributed by atoms with Gasteiger partial charge in [-0.2, -0.15) is 0 Å². The van der Waals surface area contributed by atoms with Gasteiger partial charge in [0.1, 0.15) is 0 Å². The molecule has 4 rings (SSSR count). The van der Waals surface area contributed by atoms with Crippen LogP contribution < -0.4 is 5.32 Å². The number of hydrogen-bond donors (Lipinski definition) is 2. The first-order chi connectivity index (χ1) is 14.1. The normalized spacial score (nSPS) is 20.0. The van der Waals surface area contributed by atoms with Crippen molar-refractivity contribution in [2.75, 3.05) is 0 Å².